The third-order valence-electron chi connectivity index (χ3n) is 2.89. The average molecular weight is 285 g/mol. The third-order valence-corrected chi connectivity index (χ3v) is 3.81. The Bertz CT molecular complexity index is 473. The zero-order valence-electron chi connectivity index (χ0n) is 11.6. The highest BCUT2D eigenvalue weighted by Gasteiger charge is 2.19. The Morgan fingerprint density at radius 1 is 1.53 bits per heavy atom. The quantitative estimate of drug-likeness (QED) is 0.824. The highest BCUT2D eigenvalue weighted by atomic mass is 32.1. The maximum atomic E-state index is 11.8. The number of carbonyl (C=O) groups is 2. The van der Waals surface area contributed by atoms with Crippen molar-refractivity contribution in [1.82, 2.24) is 9.88 Å². The van der Waals surface area contributed by atoms with Crippen LogP contribution in [0.2, 0.25) is 0 Å². The maximum Gasteiger partial charge on any atom is 0.320 e. The number of carbonyl (C=O) groups excluding carboxylic acids is 1. The second-order valence-corrected chi connectivity index (χ2v) is 5.56. The van der Waals surface area contributed by atoms with Crippen molar-refractivity contribution in [2.75, 3.05) is 18.9 Å². The number of aliphatic carboxylic acids is 1. The van der Waals surface area contributed by atoms with Crippen LogP contribution in [-0.4, -0.2) is 46.5 Å². The topological polar surface area (TPSA) is 82.5 Å². The van der Waals surface area contributed by atoms with Crippen LogP contribution in [0.15, 0.2) is 0 Å². The zero-order valence-corrected chi connectivity index (χ0v) is 12.4. The number of carboxylic acids is 1. The number of amides is 1. The Balaban J connectivity index is 2.57. The number of anilines is 1. The molecule has 2 N–H and O–H groups in total. The monoisotopic (exact) mass is 285 g/mol. The van der Waals surface area contributed by atoms with E-state index in [4.69, 9.17) is 5.11 Å². The predicted octanol–water partition coefficient (Wildman–Crippen LogP) is 1.36. The summed E-state index contributed by atoms with van der Waals surface area (Å²) in [5.41, 5.74) is 0.979. The fourth-order valence-electron chi connectivity index (χ4n) is 1.52. The standard InChI is InChI=1S/C12H19N3O3S/c1-5-9-8(3)19-12(13-9)14-10(16)6-15(4)7(2)11(17)18/h7H,5-6H2,1-4H3,(H,17,18)(H,13,14,16). The van der Waals surface area contributed by atoms with Crippen molar-refractivity contribution in [2.24, 2.45) is 0 Å². The zero-order chi connectivity index (χ0) is 14.6. The Kier molecular flexibility index (Phi) is 5.44. The van der Waals surface area contributed by atoms with Gasteiger partial charge in [0.1, 0.15) is 6.04 Å². The maximum absolute atomic E-state index is 11.8. The average Bonchev–Trinajstić information content (AvgIpc) is 2.67. The molecule has 1 rings (SSSR count). The molecule has 0 aliphatic carbocycles. The van der Waals surface area contributed by atoms with Gasteiger partial charge < -0.3 is 10.4 Å². The van der Waals surface area contributed by atoms with Crippen molar-refractivity contribution >= 4 is 28.3 Å². The van der Waals surface area contributed by atoms with Crippen molar-refractivity contribution in [3.63, 3.8) is 0 Å². The number of nitrogens with zero attached hydrogens (tertiary/aromatic N) is 2. The lowest BCUT2D eigenvalue weighted by atomic mass is 10.3. The van der Waals surface area contributed by atoms with E-state index in [1.54, 1.807) is 14.0 Å². The van der Waals surface area contributed by atoms with Crippen LogP contribution in [0.5, 0.6) is 0 Å². The summed E-state index contributed by atoms with van der Waals surface area (Å²) in [6.45, 7) is 5.53. The minimum atomic E-state index is -0.950. The fraction of sp³-hybridized carbons (Fsp3) is 0.583. The molecule has 1 aromatic rings. The first-order valence-corrected chi connectivity index (χ1v) is 6.86. The second kappa shape index (κ2) is 6.63. The van der Waals surface area contributed by atoms with Gasteiger partial charge in [0.05, 0.1) is 12.2 Å². The molecule has 6 nitrogen and oxygen atoms in total. The van der Waals surface area contributed by atoms with Crippen molar-refractivity contribution in [3.8, 4) is 0 Å². The van der Waals surface area contributed by atoms with E-state index >= 15 is 0 Å². The highest BCUT2D eigenvalue weighted by Crippen LogP contribution is 2.22. The number of carboxylic acid groups (broad SMARTS) is 1. The van der Waals surface area contributed by atoms with E-state index in [1.807, 2.05) is 13.8 Å². The van der Waals surface area contributed by atoms with Gasteiger partial charge in [-0.1, -0.05) is 6.92 Å². The SMILES string of the molecule is CCc1nc(NC(=O)CN(C)C(C)C(=O)O)sc1C. The lowest BCUT2D eigenvalue weighted by molar-refractivity contribution is -0.142. The number of hydrogen-bond acceptors (Lipinski definition) is 5. The largest absolute Gasteiger partial charge is 0.480 e. The van der Waals surface area contributed by atoms with Crippen LogP contribution in [0.4, 0.5) is 5.13 Å². The minimum absolute atomic E-state index is 0.0214. The molecule has 0 aliphatic heterocycles. The lowest BCUT2D eigenvalue weighted by Gasteiger charge is -2.19. The molecular weight excluding hydrogens is 266 g/mol. The van der Waals surface area contributed by atoms with Crippen molar-refractivity contribution in [3.05, 3.63) is 10.6 Å². The molecule has 1 unspecified atom stereocenters. The van der Waals surface area contributed by atoms with Gasteiger partial charge in [-0.2, -0.15) is 0 Å². The number of likely N-dealkylation sites (N-methyl/N-ethyl adjacent to an activating group) is 1. The van der Waals surface area contributed by atoms with Gasteiger partial charge in [-0.05, 0) is 27.3 Å². The van der Waals surface area contributed by atoms with E-state index in [1.165, 1.54) is 16.2 Å². The van der Waals surface area contributed by atoms with E-state index in [-0.39, 0.29) is 12.5 Å². The summed E-state index contributed by atoms with van der Waals surface area (Å²) >= 11 is 1.43. The summed E-state index contributed by atoms with van der Waals surface area (Å²) in [7, 11) is 1.60. The van der Waals surface area contributed by atoms with Gasteiger partial charge in [0.2, 0.25) is 5.91 Å². The molecule has 0 saturated carbocycles. The molecule has 106 valence electrons. The molecule has 0 fully saturated rings. The van der Waals surface area contributed by atoms with Crippen molar-refractivity contribution in [2.45, 2.75) is 33.2 Å². The summed E-state index contributed by atoms with van der Waals surface area (Å²) in [5, 5.41) is 12.1. The summed E-state index contributed by atoms with van der Waals surface area (Å²) in [5.74, 6) is -1.21. The Morgan fingerprint density at radius 3 is 2.63 bits per heavy atom. The molecule has 7 heteroatoms. The molecule has 0 saturated heterocycles. The van der Waals surface area contributed by atoms with Crippen LogP contribution >= 0.6 is 11.3 Å². The molecule has 0 radical (unpaired) electrons. The molecule has 0 aliphatic rings. The van der Waals surface area contributed by atoms with E-state index in [9.17, 15) is 9.59 Å². The minimum Gasteiger partial charge on any atom is -0.480 e. The smallest absolute Gasteiger partial charge is 0.320 e. The van der Waals surface area contributed by atoms with E-state index in [0.717, 1.165) is 17.0 Å². The van der Waals surface area contributed by atoms with E-state index in [0.29, 0.717) is 5.13 Å². The van der Waals surface area contributed by atoms with Crippen LogP contribution in [0.25, 0.3) is 0 Å². The van der Waals surface area contributed by atoms with Gasteiger partial charge in [-0.15, -0.1) is 11.3 Å². The second-order valence-electron chi connectivity index (χ2n) is 4.35. The Labute approximate surface area is 116 Å². The highest BCUT2D eigenvalue weighted by molar-refractivity contribution is 7.15. The summed E-state index contributed by atoms with van der Waals surface area (Å²) in [6.07, 6.45) is 0.828. The molecule has 1 atom stereocenters. The van der Waals surface area contributed by atoms with Gasteiger partial charge in [-0.3, -0.25) is 14.5 Å². The predicted molar refractivity (Wildman–Crippen MR) is 74.6 cm³/mol. The summed E-state index contributed by atoms with van der Waals surface area (Å²) in [4.78, 5) is 29.4. The summed E-state index contributed by atoms with van der Waals surface area (Å²) in [6, 6.07) is -0.699. The van der Waals surface area contributed by atoms with Crippen molar-refractivity contribution in [1.29, 1.82) is 0 Å². The molecule has 1 aromatic heterocycles. The number of aromatic nitrogens is 1. The van der Waals surface area contributed by atoms with E-state index in [2.05, 4.69) is 10.3 Å². The molecular formula is C12H19N3O3S. The van der Waals surface area contributed by atoms with Gasteiger partial charge in [0.25, 0.3) is 0 Å². The number of thiazole rings is 1. The van der Waals surface area contributed by atoms with Crippen LogP contribution in [0, 0.1) is 6.92 Å². The molecule has 19 heavy (non-hydrogen) atoms. The van der Waals surface area contributed by atoms with E-state index < -0.39 is 12.0 Å². The number of nitrogens with one attached hydrogen (secondary N) is 1. The Hall–Kier alpha value is -1.47. The van der Waals surface area contributed by atoms with Gasteiger partial charge in [-0.25, -0.2) is 4.98 Å². The fourth-order valence-corrected chi connectivity index (χ4v) is 2.44. The van der Waals surface area contributed by atoms with Crippen molar-refractivity contribution < 1.29 is 14.7 Å². The third kappa shape index (κ3) is 4.29. The van der Waals surface area contributed by atoms with Gasteiger partial charge in [0, 0.05) is 4.88 Å². The van der Waals surface area contributed by atoms with Gasteiger partial charge in [0.15, 0.2) is 5.13 Å². The first-order chi connectivity index (χ1) is 8.85. The van der Waals surface area contributed by atoms with Crippen LogP contribution in [0.1, 0.15) is 24.4 Å². The molecule has 0 aromatic carbocycles. The van der Waals surface area contributed by atoms with Crippen LogP contribution in [0.3, 0.4) is 0 Å². The van der Waals surface area contributed by atoms with Crippen LogP contribution in [-0.2, 0) is 16.0 Å². The normalized spacial score (nSPS) is 12.5. The molecule has 1 heterocycles. The first kappa shape index (κ1) is 15.6. The Morgan fingerprint density at radius 2 is 2.16 bits per heavy atom. The molecule has 1 amide bonds. The first-order valence-electron chi connectivity index (χ1n) is 6.04. The van der Waals surface area contributed by atoms with Gasteiger partial charge >= 0.3 is 5.97 Å². The van der Waals surface area contributed by atoms with Crippen LogP contribution < -0.4 is 5.32 Å². The molecule has 0 spiro atoms. The number of rotatable bonds is 6. The lowest BCUT2D eigenvalue weighted by Crippen LogP contribution is -2.40. The number of aryl methyl sites for hydroxylation is 2. The number of hydrogen-bond donors (Lipinski definition) is 2. The summed E-state index contributed by atoms with van der Waals surface area (Å²) < 4.78 is 0. The molecule has 0 bridgehead atoms.